The Bertz CT molecular complexity index is 599. The molecule has 1 heterocycles. The summed E-state index contributed by atoms with van der Waals surface area (Å²) in [5.74, 6) is -2.15. The second-order valence-corrected chi connectivity index (χ2v) is 4.16. The molecule has 1 aromatic heterocycles. The average Bonchev–Trinajstić information content (AvgIpc) is 2.79. The Balaban J connectivity index is 2.69. The van der Waals surface area contributed by atoms with Crippen molar-refractivity contribution < 1.29 is 19.0 Å². The molecule has 0 bridgehead atoms. The Morgan fingerprint density at radius 2 is 1.79 bits per heavy atom. The highest BCUT2D eigenvalue weighted by Gasteiger charge is 2.45. The van der Waals surface area contributed by atoms with E-state index in [0.717, 1.165) is 10.9 Å². The third-order valence-corrected chi connectivity index (χ3v) is 3.32. The first-order chi connectivity index (χ1) is 9.10. The second kappa shape index (κ2) is 5.03. The summed E-state index contributed by atoms with van der Waals surface area (Å²) in [4.78, 5) is 12.0. The molecule has 0 fully saturated rings. The molecule has 5 heteroatoms. The van der Waals surface area contributed by atoms with Crippen LogP contribution in [0.25, 0.3) is 10.9 Å². The molecular weight excluding hydrogens is 246 g/mol. The number of methoxy groups -OCH3 is 3. The van der Waals surface area contributed by atoms with Crippen molar-refractivity contribution >= 4 is 16.9 Å². The van der Waals surface area contributed by atoms with Crippen molar-refractivity contribution in [3.05, 3.63) is 36.0 Å². The van der Waals surface area contributed by atoms with E-state index in [-0.39, 0.29) is 0 Å². The zero-order chi connectivity index (χ0) is 14.0. The summed E-state index contributed by atoms with van der Waals surface area (Å²) in [6, 6.07) is 9.66. The molecule has 1 aromatic carbocycles. The average molecular weight is 263 g/mol. The van der Waals surface area contributed by atoms with Gasteiger partial charge in [-0.2, -0.15) is 0 Å². The predicted octanol–water partition coefficient (Wildman–Crippen LogP) is 1.80. The van der Waals surface area contributed by atoms with Crippen LogP contribution in [0.15, 0.2) is 30.3 Å². The number of hydrogen-bond donors (Lipinski definition) is 0. The topological polar surface area (TPSA) is 49.7 Å². The van der Waals surface area contributed by atoms with Gasteiger partial charge in [0.15, 0.2) is 0 Å². The second-order valence-electron chi connectivity index (χ2n) is 4.16. The van der Waals surface area contributed by atoms with Crippen LogP contribution in [0.4, 0.5) is 0 Å². The third-order valence-electron chi connectivity index (χ3n) is 3.32. The molecular formula is C14H17NO4. The number of aryl methyl sites for hydroxylation is 1. The van der Waals surface area contributed by atoms with Crippen molar-refractivity contribution in [1.29, 1.82) is 0 Å². The van der Waals surface area contributed by atoms with Gasteiger partial charge in [0, 0.05) is 32.2 Å². The quantitative estimate of drug-likeness (QED) is 0.623. The van der Waals surface area contributed by atoms with E-state index in [1.54, 1.807) is 0 Å². The summed E-state index contributed by atoms with van der Waals surface area (Å²) in [5.41, 5.74) is 1.57. The van der Waals surface area contributed by atoms with Crippen molar-refractivity contribution in [1.82, 2.24) is 4.57 Å². The van der Waals surface area contributed by atoms with Gasteiger partial charge in [0.2, 0.25) is 0 Å². The van der Waals surface area contributed by atoms with Gasteiger partial charge in [0.1, 0.15) is 0 Å². The van der Waals surface area contributed by atoms with Crippen LogP contribution >= 0.6 is 0 Å². The van der Waals surface area contributed by atoms with E-state index >= 15 is 0 Å². The predicted molar refractivity (Wildman–Crippen MR) is 70.6 cm³/mol. The fourth-order valence-electron chi connectivity index (χ4n) is 2.30. The standard InChI is InChI=1S/C14H17NO4/c1-15-11-8-6-5-7-10(11)9-12(15)14(18-3,19-4)13(16)17-2/h5-9H,1-4H3. The van der Waals surface area contributed by atoms with Gasteiger partial charge in [-0.15, -0.1) is 0 Å². The first kappa shape index (κ1) is 13.6. The van der Waals surface area contributed by atoms with Crippen LogP contribution in [0.3, 0.4) is 0 Å². The van der Waals surface area contributed by atoms with E-state index in [9.17, 15) is 4.79 Å². The first-order valence-corrected chi connectivity index (χ1v) is 5.84. The van der Waals surface area contributed by atoms with Crippen LogP contribution in [0.5, 0.6) is 0 Å². The summed E-state index contributed by atoms with van der Waals surface area (Å²) in [5, 5.41) is 1.00. The highest BCUT2D eigenvalue weighted by Crippen LogP contribution is 2.32. The molecule has 19 heavy (non-hydrogen) atoms. The number of carbonyl (C=O) groups is 1. The lowest BCUT2D eigenvalue weighted by Crippen LogP contribution is -2.42. The van der Waals surface area contributed by atoms with Crippen LogP contribution in [-0.2, 0) is 31.8 Å². The lowest BCUT2D eigenvalue weighted by atomic mass is 10.1. The Kier molecular flexibility index (Phi) is 3.59. The van der Waals surface area contributed by atoms with E-state index in [4.69, 9.17) is 14.2 Å². The SMILES string of the molecule is COC(=O)C(OC)(OC)c1cc2ccccc2n1C. The van der Waals surface area contributed by atoms with Crippen LogP contribution in [0.2, 0.25) is 0 Å². The van der Waals surface area contributed by atoms with E-state index in [1.807, 2.05) is 41.9 Å². The Morgan fingerprint density at radius 1 is 1.16 bits per heavy atom. The number of benzene rings is 1. The van der Waals surface area contributed by atoms with Gasteiger partial charge in [0.25, 0.3) is 0 Å². The molecule has 0 atom stereocenters. The van der Waals surface area contributed by atoms with Gasteiger partial charge in [0.05, 0.1) is 12.8 Å². The molecule has 2 aromatic rings. The fraction of sp³-hybridized carbons (Fsp3) is 0.357. The molecule has 2 rings (SSSR count). The number of fused-ring (bicyclic) bond motifs is 1. The minimum Gasteiger partial charge on any atom is -0.465 e. The van der Waals surface area contributed by atoms with Gasteiger partial charge in [-0.1, -0.05) is 18.2 Å². The Morgan fingerprint density at radius 3 is 2.32 bits per heavy atom. The minimum absolute atomic E-state index is 0.588. The summed E-state index contributed by atoms with van der Waals surface area (Å²) >= 11 is 0. The molecule has 102 valence electrons. The highest BCUT2D eigenvalue weighted by atomic mass is 16.7. The lowest BCUT2D eigenvalue weighted by molar-refractivity contribution is -0.236. The number of rotatable bonds is 4. The number of esters is 1. The minimum atomic E-state index is -1.55. The molecule has 0 saturated heterocycles. The van der Waals surface area contributed by atoms with Crippen LogP contribution in [0.1, 0.15) is 5.69 Å². The highest BCUT2D eigenvalue weighted by molar-refractivity contribution is 5.86. The monoisotopic (exact) mass is 263 g/mol. The van der Waals surface area contributed by atoms with Crippen molar-refractivity contribution in [2.75, 3.05) is 21.3 Å². The fourth-order valence-corrected chi connectivity index (χ4v) is 2.30. The van der Waals surface area contributed by atoms with Crippen molar-refractivity contribution in [2.45, 2.75) is 5.79 Å². The largest absolute Gasteiger partial charge is 0.465 e. The molecule has 0 N–H and O–H groups in total. The van der Waals surface area contributed by atoms with E-state index in [1.165, 1.54) is 21.3 Å². The first-order valence-electron chi connectivity index (χ1n) is 5.84. The van der Waals surface area contributed by atoms with E-state index in [2.05, 4.69) is 0 Å². The van der Waals surface area contributed by atoms with Gasteiger partial charge < -0.3 is 18.8 Å². The number of ether oxygens (including phenoxy) is 3. The normalized spacial score (nSPS) is 11.8. The van der Waals surface area contributed by atoms with Crippen molar-refractivity contribution in [3.63, 3.8) is 0 Å². The summed E-state index contributed by atoms with van der Waals surface area (Å²) in [6.07, 6.45) is 0. The molecule has 0 amide bonds. The molecule has 0 aliphatic carbocycles. The molecule has 0 radical (unpaired) electrons. The summed E-state index contributed by atoms with van der Waals surface area (Å²) in [7, 11) is 5.99. The maximum Gasteiger partial charge on any atom is 0.373 e. The summed E-state index contributed by atoms with van der Waals surface area (Å²) in [6.45, 7) is 0. The van der Waals surface area contributed by atoms with E-state index in [0.29, 0.717) is 5.69 Å². The maximum absolute atomic E-state index is 12.0. The Labute approximate surface area is 111 Å². The van der Waals surface area contributed by atoms with Gasteiger partial charge in [-0.3, -0.25) is 0 Å². The molecule has 0 unspecified atom stereocenters. The van der Waals surface area contributed by atoms with Gasteiger partial charge in [-0.25, -0.2) is 4.79 Å². The van der Waals surface area contributed by atoms with Crippen LogP contribution in [0, 0.1) is 0 Å². The van der Waals surface area contributed by atoms with Crippen molar-refractivity contribution in [3.8, 4) is 0 Å². The molecule has 0 aliphatic rings. The van der Waals surface area contributed by atoms with Gasteiger partial charge >= 0.3 is 11.8 Å². The summed E-state index contributed by atoms with van der Waals surface area (Å²) < 4.78 is 17.3. The van der Waals surface area contributed by atoms with Crippen LogP contribution in [-0.4, -0.2) is 31.9 Å². The zero-order valence-electron chi connectivity index (χ0n) is 11.5. The molecule has 0 aliphatic heterocycles. The van der Waals surface area contributed by atoms with Crippen LogP contribution < -0.4 is 0 Å². The third kappa shape index (κ3) is 1.91. The van der Waals surface area contributed by atoms with Gasteiger partial charge in [-0.05, 0) is 12.1 Å². The number of aromatic nitrogens is 1. The molecule has 5 nitrogen and oxygen atoms in total. The number of hydrogen-bond acceptors (Lipinski definition) is 4. The maximum atomic E-state index is 12.0. The zero-order valence-corrected chi connectivity index (χ0v) is 11.5. The number of carbonyl (C=O) groups excluding carboxylic acids is 1. The molecule has 0 spiro atoms. The van der Waals surface area contributed by atoms with Crippen molar-refractivity contribution in [2.24, 2.45) is 7.05 Å². The molecule has 0 saturated carbocycles. The number of nitrogens with zero attached hydrogens (tertiary/aromatic N) is 1. The number of para-hydroxylation sites is 1. The van der Waals surface area contributed by atoms with E-state index < -0.39 is 11.8 Å². The Hall–Kier alpha value is -1.85. The lowest BCUT2D eigenvalue weighted by Gasteiger charge is -2.28. The smallest absolute Gasteiger partial charge is 0.373 e.